The van der Waals surface area contributed by atoms with Crippen LogP contribution in [0.25, 0.3) is 11.5 Å². The average molecular weight is 482 g/mol. The molecule has 0 fully saturated rings. The van der Waals surface area contributed by atoms with E-state index in [1.165, 1.54) is 10.9 Å². The minimum absolute atomic E-state index is 0.0233. The fourth-order valence-electron chi connectivity index (χ4n) is 3.62. The van der Waals surface area contributed by atoms with Crippen LogP contribution in [0.4, 0.5) is 0 Å². The lowest BCUT2D eigenvalue weighted by Crippen LogP contribution is -2.03. The molecule has 5 aromatic rings. The smallest absolute Gasteiger partial charge is 0.342 e. The van der Waals surface area contributed by atoms with Gasteiger partial charge >= 0.3 is 5.97 Å². The maximum absolute atomic E-state index is 11.8. The lowest BCUT2D eigenvalue weighted by atomic mass is 10.2. The quantitative estimate of drug-likeness (QED) is 0.277. The van der Waals surface area contributed by atoms with E-state index in [0.717, 1.165) is 16.9 Å². The van der Waals surface area contributed by atoms with Crippen LogP contribution in [0.3, 0.4) is 0 Å². The molecule has 8 nitrogen and oxygen atoms in total. The number of benzene rings is 3. The summed E-state index contributed by atoms with van der Waals surface area (Å²) in [5.41, 5.74) is 2.33. The topological polar surface area (TPSA) is 99.6 Å². The van der Waals surface area contributed by atoms with Crippen molar-refractivity contribution in [3.8, 4) is 28.8 Å². The van der Waals surface area contributed by atoms with Gasteiger partial charge in [0.25, 0.3) is 0 Å². The lowest BCUT2D eigenvalue weighted by Gasteiger charge is -2.07. The van der Waals surface area contributed by atoms with Gasteiger partial charge in [0.05, 0.1) is 6.54 Å². The van der Waals surface area contributed by atoms with Gasteiger partial charge < -0.3 is 19.0 Å². The van der Waals surface area contributed by atoms with E-state index in [0.29, 0.717) is 29.6 Å². The molecule has 0 amide bonds. The predicted octanol–water partition coefficient (Wildman–Crippen LogP) is 5.96. The molecule has 0 aliphatic rings. The zero-order chi connectivity index (χ0) is 24.9. The van der Waals surface area contributed by atoms with Crippen molar-refractivity contribution in [3.63, 3.8) is 0 Å². The summed E-state index contributed by atoms with van der Waals surface area (Å²) in [7, 11) is 0. The summed E-state index contributed by atoms with van der Waals surface area (Å²) in [4.78, 5) is 16.3. The first kappa shape index (κ1) is 22.9. The molecule has 0 unspecified atom stereocenters. The number of carboxylic acids is 1. The van der Waals surface area contributed by atoms with Crippen LogP contribution in [0.1, 0.15) is 27.4 Å². The number of aromatic nitrogens is 3. The highest BCUT2D eigenvalue weighted by Gasteiger charge is 2.19. The van der Waals surface area contributed by atoms with Gasteiger partial charge in [-0.05, 0) is 48.9 Å². The molecule has 3 aromatic carbocycles. The maximum Gasteiger partial charge on any atom is 0.342 e. The molecule has 0 aliphatic carbocycles. The molecule has 36 heavy (non-hydrogen) atoms. The third kappa shape index (κ3) is 5.28. The van der Waals surface area contributed by atoms with Crippen molar-refractivity contribution < 1.29 is 23.8 Å². The van der Waals surface area contributed by atoms with Gasteiger partial charge in [0.1, 0.15) is 35.1 Å². The Bertz CT molecular complexity index is 1460. The van der Waals surface area contributed by atoms with Gasteiger partial charge in [-0.1, -0.05) is 48.5 Å². The van der Waals surface area contributed by atoms with Gasteiger partial charge in [-0.25, -0.2) is 9.78 Å². The van der Waals surface area contributed by atoms with Gasteiger partial charge in [-0.2, -0.15) is 0 Å². The van der Waals surface area contributed by atoms with E-state index in [1.807, 2.05) is 84.9 Å². The number of carbonyl (C=O) groups is 1. The molecule has 0 spiro atoms. The van der Waals surface area contributed by atoms with Crippen molar-refractivity contribution in [2.24, 2.45) is 0 Å². The number of ether oxygens (including phenoxy) is 2. The van der Waals surface area contributed by atoms with E-state index in [2.05, 4.69) is 10.1 Å². The van der Waals surface area contributed by atoms with E-state index >= 15 is 0 Å². The van der Waals surface area contributed by atoms with Gasteiger partial charge in [0.2, 0.25) is 11.8 Å². The number of para-hydroxylation sites is 1. The van der Waals surface area contributed by atoms with Crippen molar-refractivity contribution in [1.29, 1.82) is 0 Å². The normalized spacial score (nSPS) is 10.8. The second-order valence-corrected chi connectivity index (χ2v) is 8.09. The highest BCUT2D eigenvalue weighted by molar-refractivity contribution is 5.89. The zero-order valence-electron chi connectivity index (χ0n) is 19.5. The molecular formula is C28H23N3O5. The van der Waals surface area contributed by atoms with Crippen LogP contribution in [0.5, 0.6) is 17.4 Å². The van der Waals surface area contributed by atoms with E-state index < -0.39 is 5.97 Å². The summed E-state index contributed by atoms with van der Waals surface area (Å²) < 4.78 is 18.9. The summed E-state index contributed by atoms with van der Waals surface area (Å²) in [5, 5.41) is 14.0. The molecule has 0 aliphatic heterocycles. The molecule has 0 saturated heterocycles. The van der Waals surface area contributed by atoms with Crippen LogP contribution in [0, 0.1) is 6.92 Å². The Labute approximate surface area is 207 Å². The van der Waals surface area contributed by atoms with Gasteiger partial charge in [-0.15, -0.1) is 5.10 Å². The Balaban J connectivity index is 1.27. The standard InChI is InChI=1S/C28H23N3O5/c1-19-25(29-26(35-19)21-8-4-2-5-9-21)18-34-27-24(28(32)33)17-31(30-27)16-20-12-14-23(15-13-20)36-22-10-6-3-7-11-22/h2-15,17H,16,18H2,1H3,(H,32,33). The SMILES string of the molecule is Cc1oc(-c2ccccc2)nc1COc1nn(Cc2ccc(Oc3ccccc3)cc2)cc1C(=O)O. The molecule has 8 heteroatoms. The molecule has 2 heterocycles. The molecule has 5 rings (SSSR count). The van der Waals surface area contributed by atoms with E-state index in [9.17, 15) is 9.90 Å². The van der Waals surface area contributed by atoms with E-state index in [-0.39, 0.29) is 18.1 Å². The van der Waals surface area contributed by atoms with Crippen molar-refractivity contribution in [1.82, 2.24) is 14.8 Å². The van der Waals surface area contributed by atoms with Crippen LogP contribution >= 0.6 is 0 Å². The van der Waals surface area contributed by atoms with Gasteiger partial charge in [0.15, 0.2) is 0 Å². The number of rotatable bonds is 9. The molecular weight excluding hydrogens is 458 g/mol. The molecule has 0 radical (unpaired) electrons. The summed E-state index contributed by atoms with van der Waals surface area (Å²) in [6, 6.07) is 26.6. The Hall–Kier alpha value is -4.85. The molecule has 0 saturated carbocycles. The Morgan fingerprint density at radius 2 is 1.61 bits per heavy atom. The third-order valence-electron chi connectivity index (χ3n) is 5.46. The first-order chi connectivity index (χ1) is 17.5. The highest BCUT2D eigenvalue weighted by Crippen LogP contribution is 2.25. The van der Waals surface area contributed by atoms with Crippen molar-refractivity contribution >= 4 is 5.97 Å². The fraction of sp³-hybridized carbons (Fsp3) is 0.107. The van der Waals surface area contributed by atoms with Crippen molar-refractivity contribution in [2.45, 2.75) is 20.1 Å². The average Bonchev–Trinajstić information content (AvgIpc) is 3.48. The number of oxazole rings is 1. The van der Waals surface area contributed by atoms with Crippen LogP contribution in [0.2, 0.25) is 0 Å². The minimum atomic E-state index is -1.12. The highest BCUT2D eigenvalue weighted by atomic mass is 16.5. The molecule has 0 atom stereocenters. The summed E-state index contributed by atoms with van der Waals surface area (Å²) in [5.74, 6) is 1.44. The summed E-state index contributed by atoms with van der Waals surface area (Å²) in [6.07, 6.45) is 1.46. The second-order valence-electron chi connectivity index (χ2n) is 8.09. The summed E-state index contributed by atoms with van der Waals surface area (Å²) in [6.45, 7) is 2.20. The van der Waals surface area contributed by atoms with E-state index in [1.54, 1.807) is 6.92 Å². The second kappa shape index (κ2) is 10.2. The first-order valence-electron chi connectivity index (χ1n) is 11.3. The van der Waals surface area contributed by atoms with Crippen LogP contribution in [0.15, 0.2) is 95.5 Å². The number of carboxylic acid groups (broad SMARTS) is 1. The third-order valence-corrected chi connectivity index (χ3v) is 5.46. The Morgan fingerprint density at radius 3 is 2.31 bits per heavy atom. The van der Waals surface area contributed by atoms with Crippen LogP contribution in [-0.4, -0.2) is 25.8 Å². The number of aromatic carboxylic acids is 1. The Morgan fingerprint density at radius 1 is 0.944 bits per heavy atom. The number of hydrogen-bond acceptors (Lipinski definition) is 6. The van der Waals surface area contributed by atoms with Crippen LogP contribution in [-0.2, 0) is 13.2 Å². The molecule has 0 bridgehead atoms. The first-order valence-corrected chi connectivity index (χ1v) is 11.3. The minimum Gasteiger partial charge on any atom is -0.477 e. The number of aryl methyl sites for hydroxylation is 1. The van der Waals surface area contributed by atoms with Gasteiger partial charge in [0, 0.05) is 11.8 Å². The summed E-state index contributed by atoms with van der Waals surface area (Å²) >= 11 is 0. The fourth-order valence-corrected chi connectivity index (χ4v) is 3.62. The maximum atomic E-state index is 11.8. The molecule has 180 valence electrons. The molecule has 2 aromatic heterocycles. The largest absolute Gasteiger partial charge is 0.477 e. The Kier molecular flexibility index (Phi) is 6.48. The predicted molar refractivity (Wildman–Crippen MR) is 132 cm³/mol. The van der Waals surface area contributed by atoms with Gasteiger partial charge in [-0.3, -0.25) is 4.68 Å². The van der Waals surface area contributed by atoms with Crippen molar-refractivity contribution in [3.05, 3.63) is 114 Å². The number of nitrogens with zero attached hydrogens (tertiary/aromatic N) is 3. The molecule has 1 N–H and O–H groups in total. The number of hydrogen-bond donors (Lipinski definition) is 1. The zero-order valence-corrected chi connectivity index (χ0v) is 19.5. The van der Waals surface area contributed by atoms with E-state index in [4.69, 9.17) is 13.9 Å². The van der Waals surface area contributed by atoms with Crippen molar-refractivity contribution in [2.75, 3.05) is 0 Å². The lowest BCUT2D eigenvalue weighted by molar-refractivity contribution is 0.0691. The van der Waals surface area contributed by atoms with Crippen LogP contribution < -0.4 is 9.47 Å². The monoisotopic (exact) mass is 481 g/mol.